The summed E-state index contributed by atoms with van der Waals surface area (Å²) >= 11 is 0. The molecule has 1 fully saturated rings. The maximum absolute atomic E-state index is 12.2. The predicted molar refractivity (Wildman–Crippen MR) is 94.3 cm³/mol. The number of hydrogen-bond acceptors (Lipinski definition) is 5. The Balaban J connectivity index is 2.09. The molecule has 0 aromatic heterocycles. The molecule has 1 aromatic rings. The Kier molecular flexibility index (Phi) is 6.84. The van der Waals surface area contributed by atoms with Crippen LogP contribution in [0.25, 0.3) is 6.08 Å². The fourth-order valence-electron chi connectivity index (χ4n) is 2.55. The van der Waals surface area contributed by atoms with Gasteiger partial charge in [0.2, 0.25) is 0 Å². The lowest BCUT2D eigenvalue weighted by molar-refractivity contribution is -0.117. The summed E-state index contributed by atoms with van der Waals surface area (Å²) in [4.78, 5) is 12.2. The molecule has 0 spiro atoms. The third kappa shape index (κ3) is 5.50. The van der Waals surface area contributed by atoms with E-state index in [0.717, 1.165) is 19.4 Å². The van der Waals surface area contributed by atoms with E-state index in [1.807, 2.05) is 19.9 Å². The van der Waals surface area contributed by atoms with Crippen LogP contribution in [0.1, 0.15) is 32.3 Å². The molecule has 1 atom stereocenters. The maximum Gasteiger partial charge on any atom is 0.262 e. The number of nitriles is 1. The molecule has 1 aliphatic rings. The summed E-state index contributed by atoms with van der Waals surface area (Å²) in [5.74, 6) is 0.773. The van der Waals surface area contributed by atoms with Crippen LogP contribution in [0.4, 0.5) is 0 Å². The zero-order valence-electron chi connectivity index (χ0n) is 14.9. The number of ether oxygens (including phenoxy) is 3. The van der Waals surface area contributed by atoms with Crippen molar-refractivity contribution < 1.29 is 19.0 Å². The molecule has 0 radical (unpaired) electrons. The maximum atomic E-state index is 12.2. The van der Waals surface area contributed by atoms with Gasteiger partial charge in [0.05, 0.1) is 19.3 Å². The van der Waals surface area contributed by atoms with Gasteiger partial charge in [0.15, 0.2) is 11.5 Å². The van der Waals surface area contributed by atoms with E-state index in [1.165, 1.54) is 6.08 Å². The Bertz CT molecular complexity index is 670. The van der Waals surface area contributed by atoms with Gasteiger partial charge in [0, 0.05) is 13.2 Å². The minimum absolute atomic E-state index is 0.0218. The zero-order chi connectivity index (χ0) is 18.2. The van der Waals surface area contributed by atoms with Crippen molar-refractivity contribution in [3.05, 3.63) is 29.3 Å². The van der Waals surface area contributed by atoms with Gasteiger partial charge in [-0.3, -0.25) is 4.79 Å². The number of carbonyl (C=O) groups is 1. The second-order valence-electron chi connectivity index (χ2n) is 6.09. The van der Waals surface area contributed by atoms with Gasteiger partial charge in [-0.2, -0.15) is 5.26 Å². The van der Waals surface area contributed by atoms with Gasteiger partial charge in [-0.1, -0.05) is 6.07 Å². The van der Waals surface area contributed by atoms with Crippen LogP contribution in [-0.4, -0.2) is 38.4 Å². The average Bonchev–Trinajstić information content (AvgIpc) is 3.11. The van der Waals surface area contributed by atoms with Crippen molar-refractivity contribution in [1.29, 1.82) is 5.26 Å². The number of methoxy groups -OCH3 is 1. The molecule has 0 saturated carbocycles. The lowest BCUT2D eigenvalue weighted by Crippen LogP contribution is -2.32. The summed E-state index contributed by atoms with van der Waals surface area (Å²) in [7, 11) is 1.55. The Morgan fingerprint density at radius 2 is 2.28 bits per heavy atom. The third-order valence-electron chi connectivity index (χ3n) is 3.74. The van der Waals surface area contributed by atoms with Gasteiger partial charge in [0.1, 0.15) is 11.6 Å². The monoisotopic (exact) mass is 344 g/mol. The first-order valence-corrected chi connectivity index (χ1v) is 8.39. The molecule has 1 amide bonds. The topological polar surface area (TPSA) is 80.6 Å². The highest BCUT2D eigenvalue weighted by Gasteiger charge is 2.17. The fraction of sp³-hybridized carbons (Fsp3) is 0.474. The lowest BCUT2D eigenvalue weighted by Gasteiger charge is -2.14. The highest BCUT2D eigenvalue weighted by molar-refractivity contribution is 6.01. The molecule has 6 heteroatoms. The zero-order valence-corrected chi connectivity index (χ0v) is 14.9. The van der Waals surface area contributed by atoms with Crippen molar-refractivity contribution in [1.82, 2.24) is 5.32 Å². The third-order valence-corrected chi connectivity index (χ3v) is 3.74. The number of nitrogens with one attached hydrogen (secondary N) is 1. The van der Waals surface area contributed by atoms with Crippen LogP contribution in [0.2, 0.25) is 0 Å². The van der Waals surface area contributed by atoms with E-state index in [4.69, 9.17) is 14.2 Å². The van der Waals surface area contributed by atoms with E-state index in [0.29, 0.717) is 23.6 Å². The predicted octanol–water partition coefficient (Wildman–Crippen LogP) is 2.68. The minimum Gasteiger partial charge on any atom is -0.493 e. The molecule has 6 nitrogen and oxygen atoms in total. The highest BCUT2D eigenvalue weighted by Crippen LogP contribution is 2.29. The number of carbonyl (C=O) groups excluding carboxylic acids is 1. The van der Waals surface area contributed by atoms with Crippen LogP contribution >= 0.6 is 0 Å². The van der Waals surface area contributed by atoms with E-state index in [2.05, 4.69) is 5.32 Å². The van der Waals surface area contributed by atoms with Gasteiger partial charge >= 0.3 is 0 Å². The average molecular weight is 344 g/mol. The number of nitrogens with zero attached hydrogens (tertiary/aromatic N) is 1. The molecule has 1 heterocycles. The second kappa shape index (κ2) is 9.09. The summed E-state index contributed by atoms with van der Waals surface area (Å²) < 4.78 is 16.4. The van der Waals surface area contributed by atoms with E-state index in [-0.39, 0.29) is 17.8 Å². The molecule has 1 N–H and O–H groups in total. The largest absolute Gasteiger partial charge is 0.493 e. The van der Waals surface area contributed by atoms with Crippen LogP contribution in [0.5, 0.6) is 11.5 Å². The quantitative estimate of drug-likeness (QED) is 0.607. The first-order valence-electron chi connectivity index (χ1n) is 8.39. The summed E-state index contributed by atoms with van der Waals surface area (Å²) in [5.41, 5.74) is 0.731. The molecule has 134 valence electrons. The summed E-state index contributed by atoms with van der Waals surface area (Å²) in [6.45, 7) is 5.01. The van der Waals surface area contributed by atoms with Crippen LogP contribution < -0.4 is 14.8 Å². The van der Waals surface area contributed by atoms with Gasteiger partial charge in [-0.15, -0.1) is 0 Å². The second-order valence-corrected chi connectivity index (χ2v) is 6.09. The van der Waals surface area contributed by atoms with Crippen LogP contribution in [-0.2, 0) is 9.53 Å². The smallest absolute Gasteiger partial charge is 0.262 e. The van der Waals surface area contributed by atoms with Gasteiger partial charge in [-0.25, -0.2) is 0 Å². The SMILES string of the molecule is COc1cc(/C=C(\C#N)C(=O)NC[C@@H]2CCCO2)ccc1OC(C)C. The molecule has 1 aromatic carbocycles. The van der Waals surface area contributed by atoms with Gasteiger partial charge < -0.3 is 19.5 Å². The number of rotatable bonds is 7. The fourth-order valence-corrected chi connectivity index (χ4v) is 2.55. The standard InChI is InChI=1S/C19H24N2O4/c1-13(2)25-17-7-6-14(10-18(17)23-3)9-15(11-20)19(22)21-12-16-5-4-8-24-16/h6-7,9-10,13,16H,4-5,8,12H2,1-3H3,(H,21,22)/b15-9+/t16-/m0/s1. The Morgan fingerprint density at radius 3 is 2.88 bits per heavy atom. The van der Waals surface area contributed by atoms with Gasteiger partial charge in [-0.05, 0) is 50.5 Å². The molecular weight excluding hydrogens is 320 g/mol. The van der Waals surface area contributed by atoms with Crippen molar-refractivity contribution in [3.8, 4) is 17.6 Å². The molecule has 0 aliphatic carbocycles. The van der Waals surface area contributed by atoms with Crippen molar-refractivity contribution in [3.63, 3.8) is 0 Å². The number of amides is 1. The molecule has 1 aliphatic heterocycles. The summed E-state index contributed by atoms with van der Waals surface area (Å²) in [6.07, 6.45) is 3.53. The molecule has 25 heavy (non-hydrogen) atoms. The van der Waals surface area contributed by atoms with Gasteiger partial charge in [0.25, 0.3) is 5.91 Å². The first kappa shape index (κ1) is 18.8. The van der Waals surface area contributed by atoms with Crippen LogP contribution in [0, 0.1) is 11.3 Å². The first-order chi connectivity index (χ1) is 12.0. The van der Waals surface area contributed by atoms with Crippen LogP contribution in [0.3, 0.4) is 0 Å². The van der Waals surface area contributed by atoms with Crippen molar-refractivity contribution in [2.75, 3.05) is 20.3 Å². The molecule has 0 unspecified atom stereocenters. The van der Waals surface area contributed by atoms with E-state index >= 15 is 0 Å². The van der Waals surface area contributed by atoms with Crippen molar-refractivity contribution in [2.24, 2.45) is 0 Å². The van der Waals surface area contributed by atoms with E-state index in [1.54, 1.807) is 25.3 Å². The molecule has 1 saturated heterocycles. The highest BCUT2D eigenvalue weighted by atomic mass is 16.5. The summed E-state index contributed by atoms with van der Waals surface area (Å²) in [6, 6.07) is 7.24. The normalized spacial score (nSPS) is 17.2. The van der Waals surface area contributed by atoms with E-state index < -0.39 is 5.91 Å². The Hall–Kier alpha value is -2.52. The Labute approximate surface area is 148 Å². The Morgan fingerprint density at radius 1 is 1.48 bits per heavy atom. The van der Waals surface area contributed by atoms with Crippen LogP contribution in [0.15, 0.2) is 23.8 Å². The number of benzene rings is 1. The number of hydrogen-bond donors (Lipinski definition) is 1. The minimum atomic E-state index is -0.403. The molecule has 0 bridgehead atoms. The summed E-state index contributed by atoms with van der Waals surface area (Å²) in [5, 5.41) is 12.0. The molecular formula is C19H24N2O4. The van der Waals surface area contributed by atoms with Crippen molar-refractivity contribution >= 4 is 12.0 Å². The van der Waals surface area contributed by atoms with Crippen molar-refractivity contribution in [2.45, 2.75) is 38.9 Å². The van der Waals surface area contributed by atoms with E-state index in [9.17, 15) is 10.1 Å². The lowest BCUT2D eigenvalue weighted by atomic mass is 10.1. The molecule has 2 rings (SSSR count).